The highest BCUT2D eigenvalue weighted by molar-refractivity contribution is 5.93. The van der Waals surface area contributed by atoms with Crippen LogP contribution in [-0.2, 0) is 4.84 Å². The van der Waals surface area contributed by atoms with E-state index >= 15 is 0 Å². The predicted octanol–water partition coefficient (Wildman–Crippen LogP) is 1.27. The number of amides is 1. The second-order valence-corrected chi connectivity index (χ2v) is 4.70. The molecule has 0 radical (unpaired) electrons. The number of pyridine rings is 1. The van der Waals surface area contributed by atoms with E-state index < -0.39 is 0 Å². The zero-order valence-electron chi connectivity index (χ0n) is 10.9. The zero-order valence-corrected chi connectivity index (χ0v) is 10.9. The molecule has 0 aliphatic heterocycles. The van der Waals surface area contributed by atoms with Crippen molar-refractivity contribution in [2.45, 2.75) is 31.8 Å². The van der Waals surface area contributed by atoms with Gasteiger partial charge in [-0.2, -0.15) is 5.10 Å². The summed E-state index contributed by atoms with van der Waals surface area (Å²) in [4.78, 5) is 25.3. The van der Waals surface area contributed by atoms with Crippen molar-refractivity contribution in [1.29, 1.82) is 0 Å². The van der Waals surface area contributed by atoms with Crippen LogP contribution < -0.4 is 5.48 Å². The average Bonchev–Trinajstić information content (AvgIpc) is 3.18. The molecular weight excluding hydrogens is 258 g/mol. The van der Waals surface area contributed by atoms with Crippen LogP contribution in [0, 0.1) is 0 Å². The topological polar surface area (TPSA) is 81.9 Å². The summed E-state index contributed by atoms with van der Waals surface area (Å²) in [6.45, 7) is 0. The van der Waals surface area contributed by atoms with Crippen molar-refractivity contribution in [2.24, 2.45) is 0 Å². The maximum atomic E-state index is 11.9. The lowest BCUT2D eigenvalue weighted by Crippen LogP contribution is -2.28. The van der Waals surface area contributed by atoms with Crippen molar-refractivity contribution in [1.82, 2.24) is 25.2 Å². The van der Waals surface area contributed by atoms with E-state index in [0.29, 0.717) is 11.4 Å². The van der Waals surface area contributed by atoms with Crippen LogP contribution in [0.2, 0.25) is 0 Å². The highest BCUT2D eigenvalue weighted by atomic mass is 16.7. The fraction of sp³-hybridized carbons (Fsp3) is 0.385. The minimum Gasteiger partial charge on any atom is -0.270 e. The Labute approximate surface area is 115 Å². The summed E-state index contributed by atoms with van der Waals surface area (Å²) in [6.07, 6.45) is 8.94. The predicted molar refractivity (Wildman–Crippen MR) is 70.0 cm³/mol. The summed E-state index contributed by atoms with van der Waals surface area (Å²) in [6, 6.07) is 3.39. The smallest absolute Gasteiger partial charge is 0.270 e. The number of hydrogen-bond donors (Lipinski definition) is 1. The highest BCUT2D eigenvalue weighted by Gasteiger charge is 2.17. The van der Waals surface area contributed by atoms with Crippen LogP contribution in [0.1, 0.15) is 36.0 Å². The van der Waals surface area contributed by atoms with Gasteiger partial charge < -0.3 is 0 Å². The minimum atomic E-state index is -0.283. The Balaban J connectivity index is 1.60. The van der Waals surface area contributed by atoms with E-state index in [-0.39, 0.29) is 12.0 Å². The molecule has 1 aliphatic rings. The summed E-state index contributed by atoms with van der Waals surface area (Å²) >= 11 is 0. The van der Waals surface area contributed by atoms with Gasteiger partial charge in [-0.25, -0.2) is 20.1 Å². The van der Waals surface area contributed by atoms with Crippen molar-refractivity contribution >= 4 is 5.91 Å². The number of nitrogens with one attached hydrogen (secondary N) is 1. The zero-order chi connectivity index (χ0) is 13.8. The number of carbonyl (C=O) groups is 1. The van der Waals surface area contributed by atoms with Gasteiger partial charge in [0, 0.05) is 6.20 Å². The van der Waals surface area contributed by atoms with Gasteiger partial charge in [0.1, 0.15) is 12.7 Å². The maximum Gasteiger partial charge on any atom is 0.276 e. The van der Waals surface area contributed by atoms with E-state index in [0.717, 1.165) is 25.7 Å². The molecule has 0 bridgehead atoms. The molecule has 20 heavy (non-hydrogen) atoms. The largest absolute Gasteiger partial charge is 0.276 e. The fourth-order valence-electron chi connectivity index (χ4n) is 2.18. The lowest BCUT2D eigenvalue weighted by Gasteiger charge is -2.11. The first-order valence-electron chi connectivity index (χ1n) is 6.60. The molecule has 7 nitrogen and oxygen atoms in total. The van der Waals surface area contributed by atoms with E-state index in [9.17, 15) is 4.79 Å². The fourth-order valence-corrected chi connectivity index (χ4v) is 2.18. The number of nitrogens with zero attached hydrogens (tertiary/aromatic N) is 4. The van der Waals surface area contributed by atoms with Gasteiger partial charge in [0.2, 0.25) is 0 Å². The van der Waals surface area contributed by atoms with Crippen molar-refractivity contribution in [3.8, 4) is 5.82 Å². The van der Waals surface area contributed by atoms with Crippen LogP contribution >= 0.6 is 0 Å². The van der Waals surface area contributed by atoms with Crippen LogP contribution in [0.5, 0.6) is 0 Å². The molecule has 104 valence electrons. The second-order valence-electron chi connectivity index (χ2n) is 4.70. The van der Waals surface area contributed by atoms with Gasteiger partial charge in [-0.05, 0) is 25.0 Å². The molecule has 2 aromatic rings. The van der Waals surface area contributed by atoms with Gasteiger partial charge in [0.25, 0.3) is 5.91 Å². The van der Waals surface area contributed by atoms with Gasteiger partial charge in [-0.1, -0.05) is 12.8 Å². The molecule has 3 rings (SSSR count). The quantitative estimate of drug-likeness (QED) is 0.848. The molecule has 2 heterocycles. The Morgan fingerprint density at radius 2 is 2.20 bits per heavy atom. The van der Waals surface area contributed by atoms with Crippen molar-refractivity contribution < 1.29 is 9.63 Å². The standard InChI is InChI=1S/C13H15N5O2/c19-13(17-20-11-3-1-2-4-11)10-5-6-12(15-7-10)18-9-14-8-16-18/h5-9,11H,1-4H2,(H,17,19). The lowest BCUT2D eigenvalue weighted by molar-refractivity contribution is -0.0125. The Hall–Kier alpha value is -2.28. The second kappa shape index (κ2) is 5.79. The Morgan fingerprint density at radius 3 is 2.85 bits per heavy atom. The summed E-state index contributed by atoms with van der Waals surface area (Å²) in [5, 5.41) is 3.97. The first kappa shape index (κ1) is 12.7. The molecule has 1 fully saturated rings. The third kappa shape index (κ3) is 2.83. The van der Waals surface area contributed by atoms with Gasteiger partial charge in [-0.15, -0.1) is 0 Å². The molecule has 0 saturated heterocycles. The first-order chi connectivity index (χ1) is 9.83. The van der Waals surface area contributed by atoms with Crippen LogP contribution in [0.15, 0.2) is 31.0 Å². The number of hydroxylamine groups is 1. The molecule has 0 unspecified atom stereocenters. The molecular formula is C13H15N5O2. The van der Waals surface area contributed by atoms with Gasteiger partial charge in [0.15, 0.2) is 5.82 Å². The molecule has 1 N–H and O–H groups in total. The van der Waals surface area contributed by atoms with E-state index in [1.54, 1.807) is 18.5 Å². The van der Waals surface area contributed by atoms with E-state index in [2.05, 4.69) is 20.5 Å². The number of aromatic nitrogens is 4. The van der Waals surface area contributed by atoms with Gasteiger partial charge in [-0.3, -0.25) is 9.63 Å². The monoisotopic (exact) mass is 273 g/mol. The highest BCUT2D eigenvalue weighted by Crippen LogP contribution is 2.19. The summed E-state index contributed by atoms with van der Waals surface area (Å²) < 4.78 is 1.52. The Morgan fingerprint density at radius 1 is 1.35 bits per heavy atom. The Kier molecular flexibility index (Phi) is 3.69. The number of rotatable bonds is 4. The Bertz CT molecular complexity index is 561. The molecule has 2 aromatic heterocycles. The molecule has 0 atom stereocenters. The summed E-state index contributed by atoms with van der Waals surface area (Å²) in [5.74, 6) is 0.324. The summed E-state index contributed by atoms with van der Waals surface area (Å²) in [7, 11) is 0. The van der Waals surface area contributed by atoms with Crippen LogP contribution in [0.3, 0.4) is 0 Å². The summed E-state index contributed by atoms with van der Waals surface area (Å²) in [5.41, 5.74) is 2.93. The minimum absolute atomic E-state index is 0.140. The molecule has 7 heteroatoms. The van der Waals surface area contributed by atoms with E-state index in [4.69, 9.17) is 4.84 Å². The molecule has 0 aromatic carbocycles. The van der Waals surface area contributed by atoms with Crippen molar-refractivity contribution in [3.63, 3.8) is 0 Å². The SMILES string of the molecule is O=C(NOC1CCCC1)c1ccc(-n2cncn2)nc1. The van der Waals surface area contributed by atoms with Crippen molar-refractivity contribution in [2.75, 3.05) is 0 Å². The average molecular weight is 273 g/mol. The third-order valence-electron chi connectivity index (χ3n) is 3.28. The van der Waals surface area contributed by atoms with E-state index in [1.165, 1.54) is 17.2 Å². The first-order valence-corrected chi connectivity index (χ1v) is 6.60. The number of hydrogen-bond acceptors (Lipinski definition) is 5. The molecule has 1 aliphatic carbocycles. The maximum absolute atomic E-state index is 11.9. The number of carbonyl (C=O) groups excluding carboxylic acids is 1. The molecule has 1 amide bonds. The molecule has 1 saturated carbocycles. The van der Waals surface area contributed by atoms with E-state index in [1.807, 2.05) is 0 Å². The van der Waals surface area contributed by atoms with Crippen LogP contribution in [0.25, 0.3) is 5.82 Å². The molecule has 0 spiro atoms. The van der Waals surface area contributed by atoms with Gasteiger partial charge in [0.05, 0.1) is 11.7 Å². The van der Waals surface area contributed by atoms with Gasteiger partial charge >= 0.3 is 0 Å². The lowest BCUT2D eigenvalue weighted by atomic mass is 10.3. The van der Waals surface area contributed by atoms with Crippen LogP contribution in [0.4, 0.5) is 0 Å². The van der Waals surface area contributed by atoms with Crippen LogP contribution in [-0.4, -0.2) is 31.8 Å². The third-order valence-corrected chi connectivity index (χ3v) is 3.28. The normalized spacial score (nSPS) is 15.4. The van der Waals surface area contributed by atoms with Crippen molar-refractivity contribution in [3.05, 3.63) is 36.5 Å².